The van der Waals surface area contributed by atoms with Crippen molar-refractivity contribution in [3.05, 3.63) is 22.2 Å². The molecule has 0 saturated heterocycles. The van der Waals surface area contributed by atoms with Crippen molar-refractivity contribution in [2.45, 2.75) is 13.3 Å². The van der Waals surface area contributed by atoms with Crippen LogP contribution in [0.4, 0.5) is 11.4 Å². The van der Waals surface area contributed by atoms with Crippen molar-refractivity contribution < 1.29 is 13.2 Å². The molecule has 0 saturated carbocycles. The van der Waals surface area contributed by atoms with Crippen molar-refractivity contribution in [2.24, 2.45) is 0 Å². The van der Waals surface area contributed by atoms with Crippen molar-refractivity contribution in [3.8, 4) is 0 Å². The number of nitrogens with one attached hydrogen (secondary N) is 1. The Morgan fingerprint density at radius 2 is 2.00 bits per heavy atom. The lowest BCUT2D eigenvalue weighted by atomic mass is 10.2. The molecule has 19 heavy (non-hydrogen) atoms. The smallest absolute Gasteiger partial charge is 0.225 e. The maximum Gasteiger partial charge on any atom is 0.225 e. The quantitative estimate of drug-likeness (QED) is 0.813. The number of benzene rings is 1. The molecule has 0 aliphatic rings. The molecular weight excluding hydrogens is 311 g/mol. The molecule has 1 aromatic carbocycles. The van der Waals surface area contributed by atoms with Crippen molar-refractivity contribution in [2.75, 3.05) is 22.6 Å². The fraction of sp³-hybridized carbons (Fsp3) is 0.364. The Labute approximate surface area is 122 Å². The number of anilines is 2. The van der Waals surface area contributed by atoms with Gasteiger partial charge in [0.15, 0.2) is 9.84 Å². The fourth-order valence-electron chi connectivity index (χ4n) is 1.32. The Balaban J connectivity index is 2.73. The number of hydrogen-bond donors (Lipinski definition) is 2. The Bertz CT molecular complexity index is 565. The van der Waals surface area contributed by atoms with Crippen LogP contribution in [-0.4, -0.2) is 25.8 Å². The van der Waals surface area contributed by atoms with Gasteiger partial charge in [0.05, 0.1) is 22.2 Å². The van der Waals surface area contributed by atoms with Crippen LogP contribution in [0.15, 0.2) is 12.1 Å². The molecule has 3 N–H and O–H groups in total. The normalized spacial score (nSPS) is 11.3. The molecule has 0 heterocycles. The van der Waals surface area contributed by atoms with E-state index in [1.54, 1.807) is 0 Å². The molecule has 8 heteroatoms. The molecule has 0 fully saturated rings. The average Bonchev–Trinajstić information content (AvgIpc) is 2.31. The number of carbonyl (C=O) groups excluding carboxylic acids is 1. The molecule has 0 atom stereocenters. The SMILES string of the molecule is CCS(=O)(=O)CCC(=O)Nc1c(N)cc(Cl)cc1Cl. The Hall–Kier alpha value is -0.980. The number of sulfone groups is 1. The fourth-order valence-corrected chi connectivity index (χ4v) is 2.66. The van der Waals surface area contributed by atoms with Crippen LogP contribution < -0.4 is 11.1 Å². The minimum Gasteiger partial charge on any atom is -0.397 e. The summed E-state index contributed by atoms with van der Waals surface area (Å²) in [5.41, 5.74) is 6.14. The molecule has 106 valence electrons. The highest BCUT2D eigenvalue weighted by Gasteiger charge is 2.14. The molecule has 1 amide bonds. The lowest BCUT2D eigenvalue weighted by molar-refractivity contribution is -0.115. The highest BCUT2D eigenvalue weighted by Crippen LogP contribution is 2.32. The van der Waals surface area contributed by atoms with Crippen LogP contribution in [-0.2, 0) is 14.6 Å². The number of rotatable bonds is 5. The summed E-state index contributed by atoms with van der Waals surface area (Å²) in [6.45, 7) is 1.53. The number of nitrogens with two attached hydrogens (primary N) is 1. The van der Waals surface area contributed by atoms with Crippen molar-refractivity contribution in [3.63, 3.8) is 0 Å². The van der Waals surface area contributed by atoms with Crippen LogP contribution in [0.25, 0.3) is 0 Å². The molecule has 5 nitrogen and oxygen atoms in total. The molecule has 0 spiro atoms. The van der Waals surface area contributed by atoms with Gasteiger partial charge in [0.2, 0.25) is 5.91 Å². The third kappa shape index (κ3) is 4.89. The zero-order valence-electron chi connectivity index (χ0n) is 10.2. The number of amides is 1. The maximum atomic E-state index is 11.6. The van der Waals surface area contributed by atoms with E-state index in [0.717, 1.165) is 0 Å². The molecule has 0 radical (unpaired) electrons. The third-order valence-electron chi connectivity index (χ3n) is 2.43. The second-order valence-electron chi connectivity index (χ2n) is 3.89. The maximum absolute atomic E-state index is 11.6. The second-order valence-corrected chi connectivity index (χ2v) is 7.20. The Morgan fingerprint density at radius 3 is 2.53 bits per heavy atom. The number of hydrogen-bond acceptors (Lipinski definition) is 4. The minimum absolute atomic E-state index is 0.00409. The van der Waals surface area contributed by atoms with Gasteiger partial charge in [0.25, 0.3) is 0 Å². The Kier molecular flexibility index (Phi) is 5.46. The van der Waals surface area contributed by atoms with Crippen LogP contribution in [0.2, 0.25) is 10.0 Å². The van der Waals surface area contributed by atoms with Gasteiger partial charge in [-0.2, -0.15) is 0 Å². The van der Waals surface area contributed by atoms with Crippen LogP contribution in [0.3, 0.4) is 0 Å². The monoisotopic (exact) mass is 324 g/mol. The van der Waals surface area contributed by atoms with Crippen molar-refractivity contribution in [1.29, 1.82) is 0 Å². The summed E-state index contributed by atoms with van der Waals surface area (Å²) >= 11 is 11.6. The topological polar surface area (TPSA) is 89.3 Å². The largest absolute Gasteiger partial charge is 0.397 e. The predicted molar refractivity (Wildman–Crippen MR) is 78.4 cm³/mol. The minimum atomic E-state index is -3.18. The van der Waals surface area contributed by atoms with Gasteiger partial charge in [-0.3, -0.25) is 4.79 Å². The van der Waals surface area contributed by atoms with Gasteiger partial charge in [-0.1, -0.05) is 30.1 Å². The number of carbonyl (C=O) groups is 1. The molecule has 0 aliphatic carbocycles. The lowest BCUT2D eigenvalue weighted by Crippen LogP contribution is -2.19. The van der Waals surface area contributed by atoms with Gasteiger partial charge >= 0.3 is 0 Å². The third-order valence-corrected chi connectivity index (χ3v) is 4.65. The molecule has 0 unspecified atom stereocenters. The zero-order chi connectivity index (χ0) is 14.6. The summed E-state index contributed by atoms with van der Waals surface area (Å²) < 4.78 is 22.6. The highest BCUT2D eigenvalue weighted by atomic mass is 35.5. The van der Waals surface area contributed by atoms with E-state index in [1.807, 2.05) is 0 Å². The van der Waals surface area contributed by atoms with Crippen LogP contribution in [0.5, 0.6) is 0 Å². The van der Waals surface area contributed by atoms with E-state index in [0.29, 0.717) is 5.02 Å². The summed E-state index contributed by atoms with van der Waals surface area (Å²) in [6.07, 6.45) is -0.144. The lowest BCUT2D eigenvalue weighted by Gasteiger charge is -2.10. The first kappa shape index (κ1) is 16.1. The molecule has 0 bridgehead atoms. The van der Waals surface area contributed by atoms with Crippen molar-refractivity contribution in [1.82, 2.24) is 0 Å². The molecule has 0 aromatic heterocycles. The summed E-state index contributed by atoms with van der Waals surface area (Å²) in [5.74, 6) is -0.669. The van der Waals surface area contributed by atoms with E-state index in [-0.39, 0.29) is 34.3 Å². The van der Waals surface area contributed by atoms with E-state index in [1.165, 1.54) is 19.1 Å². The zero-order valence-corrected chi connectivity index (χ0v) is 12.6. The van der Waals surface area contributed by atoms with Gasteiger partial charge in [-0.25, -0.2) is 8.42 Å². The average molecular weight is 325 g/mol. The molecular formula is C11H14Cl2N2O3S. The summed E-state index contributed by atoms with van der Waals surface area (Å²) in [6, 6.07) is 2.89. The Morgan fingerprint density at radius 1 is 1.37 bits per heavy atom. The van der Waals surface area contributed by atoms with Gasteiger partial charge in [-0.15, -0.1) is 0 Å². The van der Waals surface area contributed by atoms with Crippen LogP contribution in [0, 0.1) is 0 Å². The first-order chi connectivity index (χ1) is 8.75. The van der Waals surface area contributed by atoms with E-state index < -0.39 is 15.7 Å². The van der Waals surface area contributed by atoms with Crippen LogP contribution >= 0.6 is 23.2 Å². The van der Waals surface area contributed by atoms with Gasteiger partial charge in [-0.05, 0) is 12.1 Å². The number of halogens is 2. The first-order valence-corrected chi connectivity index (χ1v) is 8.07. The standard InChI is InChI=1S/C11H14Cl2N2O3S/c1-2-19(17,18)4-3-10(16)15-11-8(13)5-7(12)6-9(11)14/h5-6H,2-4,14H2,1H3,(H,15,16). The molecule has 0 aliphatic heterocycles. The van der Waals surface area contributed by atoms with E-state index >= 15 is 0 Å². The summed E-state index contributed by atoms with van der Waals surface area (Å²) in [5, 5.41) is 3.04. The van der Waals surface area contributed by atoms with E-state index in [9.17, 15) is 13.2 Å². The first-order valence-electron chi connectivity index (χ1n) is 5.50. The van der Waals surface area contributed by atoms with E-state index in [4.69, 9.17) is 28.9 Å². The predicted octanol–water partition coefficient (Wildman–Crippen LogP) is 2.34. The summed E-state index contributed by atoms with van der Waals surface area (Å²) in [4.78, 5) is 11.6. The highest BCUT2D eigenvalue weighted by molar-refractivity contribution is 7.91. The van der Waals surface area contributed by atoms with Gasteiger partial charge in [0, 0.05) is 17.2 Å². The van der Waals surface area contributed by atoms with E-state index in [2.05, 4.69) is 5.32 Å². The van der Waals surface area contributed by atoms with Crippen LogP contribution in [0.1, 0.15) is 13.3 Å². The second kappa shape index (κ2) is 6.45. The van der Waals surface area contributed by atoms with Gasteiger partial charge < -0.3 is 11.1 Å². The van der Waals surface area contributed by atoms with Gasteiger partial charge in [0.1, 0.15) is 0 Å². The number of nitrogen functional groups attached to an aromatic ring is 1. The van der Waals surface area contributed by atoms with Crippen molar-refractivity contribution >= 4 is 50.3 Å². The molecule has 1 rings (SSSR count). The summed E-state index contributed by atoms with van der Waals surface area (Å²) in [7, 11) is -3.18. The molecule has 1 aromatic rings.